The van der Waals surface area contributed by atoms with Crippen molar-refractivity contribution in [2.24, 2.45) is 0 Å². The highest BCUT2D eigenvalue weighted by molar-refractivity contribution is 5.52. The van der Waals surface area contributed by atoms with Crippen LogP contribution in [0.3, 0.4) is 0 Å². The van der Waals surface area contributed by atoms with Crippen LogP contribution >= 0.6 is 0 Å². The Labute approximate surface area is 116 Å². The molecule has 2 atom stereocenters. The maximum atomic E-state index is 9.05. The van der Waals surface area contributed by atoms with E-state index >= 15 is 0 Å². The molecule has 2 unspecified atom stereocenters. The first kappa shape index (κ1) is 13.9. The number of rotatable bonds is 2. The van der Waals surface area contributed by atoms with Crippen LogP contribution in [-0.4, -0.2) is 25.2 Å². The van der Waals surface area contributed by atoms with Gasteiger partial charge in [-0.25, -0.2) is 0 Å². The van der Waals surface area contributed by atoms with E-state index in [4.69, 9.17) is 5.26 Å². The van der Waals surface area contributed by atoms with Gasteiger partial charge in [0.05, 0.1) is 18.5 Å². The number of benzene rings is 1. The lowest BCUT2D eigenvalue weighted by atomic mass is 10.1. The van der Waals surface area contributed by atoms with Crippen LogP contribution < -0.4 is 10.2 Å². The van der Waals surface area contributed by atoms with Gasteiger partial charge in [0.25, 0.3) is 0 Å². The van der Waals surface area contributed by atoms with Crippen LogP contribution in [0.5, 0.6) is 0 Å². The van der Waals surface area contributed by atoms with E-state index in [1.807, 2.05) is 0 Å². The average Bonchev–Trinajstić information content (AvgIpc) is 2.51. The van der Waals surface area contributed by atoms with E-state index in [9.17, 15) is 0 Å². The lowest BCUT2D eigenvalue weighted by Crippen LogP contribution is -2.40. The maximum absolute atomic E-state index is 9.05. The second-order valence-corrected chi connectivity index (χ2v) is 5.65. The third-order valence-corrected chi connectivity index (χ3v) is 3.81. The molecule has 0 spiro atoms. The van der Waals surface area contributed by atoms with Gasteiger partial charge in [0.1, 0.15) is 0 Å². The minimum Gasteiger partial charge on any atom is -0.366 e. The van der Waals surface area contributed by atoms with Gasteiger partial charge < -0.3 is 10.2 Å². The average molecular weight is 257 g/mol. The van der Waals surface area contributed by atoms with Gasteiger partial charge in [0, 0.05) is 24.8 Å². The van der Waals surface area contributed by atoms with Crippen molar-refractivity contribution < 1.29 is 0 Å². The fourth-order valence-corrected chi connectivity index (χ4v) is 2.81. The Balaban J connectivity index is 2.29. The summed E-state index contributed by atoms with van der Waals surface area (Å²) in [7, 11) is 0. The molecule has 1 aromatic carbocycles. The summed E-state index contributed by atoms with van der Waals surface area (Å²) in [5.74, 6) is 0. The molecule has 1 aliphatic rings. The third kappa shape index (κ3) is 3.48. The molecule has 0 saturated carbocycles. The van der Waals surface area contributed by atoms with Crippen molar-refractivity contribution in [2.45, 2.75) is 45.7 Å². The molecule has 3 nitrogen and oxygen atoms in total. The first-order valence-corrected chi connectivity index (χ1v) is 7.05. The fourth-order valence-electron chi connectivity index (χ4n) is 2.81. The molecule has 19 heavy (non-hydrogen) atoms. The number of anilines is 1. The molecule has 0 aliphatic carbocycles. The summed E-state index contributed by atoms with van der Waals surface area (Å²) in [5, 5.41) is 12.6. The van der Waals surface area contributed by atoms with E-state index in [-0.39, 0.29) is 6.04 Å². The van der Waals surface area contributed by atoms with Crippen LogP contribution in [0.25, 0.3) is 0 Å². The van der Waals surface area contributed by atoms with Crippen molar-refractivity contribution in [3.8, 4) is 6.07 Å². The van der Waals surface area contributed by atoms with E-state index in [1.54, 1.807) is 0 Å². The normalized spacial score (nSPS) is 23.8. The summed E-state index contributed by atoms with van der Waals surface area (Å²) in [6.07, 6.45) is 1.70. The highest BCUT2D eigenvalue weighted by Gasteiger charge is 2.23. The van der Waals surface area contributed by atoms with Crippen molar-refractivity contribution in [1.29, 1.82) is 5.26 Å². The van der Waals surface area contributed by atoms with Gasteiger partial charge in [-0.2, -0.15) is 5.26 Å². The van der Waals surface area contributed by atoms with Crippen molar-refractivity contribution in [3.05, 3.63) is 29.3 Å². The van der Waals surface area contributed by atoms with Crippen LogP contribution in [0.4, 0.5) is 5.69 Å². The van der Waals surface area contributed by atoms with Crippen molar-refractivity contribution in [3.63, 3.8) is 0 Å². The molecule has 1 aliphatic heterocycles. The molecular formula is C16H23N3. The minimum atomic E-state index is 0.274. The zero-order valence-corrected chi connectivity index (χ0v) is 12.1. The molecule has 0 radical (unpaired) electrons. The lowest BCUT2D eigenvalue weighted by molar-refractivity contribution is 0.538. The number of hydrogen-bond donors (Lipinski definition) is 1. The molecule has 2 rings (SSSR count). The van der Waals surface area contributed by atoms with Crippen LogP contribution in [0.1, 0.15) is 30.9 Å². The van der Waals surface area contributed by atoms with Gasteiger partial charge >= 0.3 is 0 Å². The standard InChI is InChI=1S/C16H23N3/c1-12-8-13(2)10-16(9-12)19-7-5-14(3)18-11-15(19)4-6-17/h8-10,14-15,18H,4-5,7,11H2,1-3H3. The SMILES string of the molecule is Cc1cc(C)cc(N2CCC(C)NCC2CC#N)c1. The summed E-state index contributed by atoms with van der Waals surface area (Å²) in [6, 6.07) is 9.78. The van der Waals surface area contributed by atoms with E-state index in [0.717, 1.165) is 19.5 Å². The van der Waals surface area contributed by atoms with Crippen molar-refractivity contribution in [2.75, 3.05) is 18.0 Å². The zero-order chi connectivity index (χ0) is 13.8. The molecule has 0 aromatic heterocycles. The minimum absolute atomic E-state index is 0.274. The van der Waals surface area contributed by atoms with E-state index in [0.29, 0.717) is 12.5 Å². The van der Waals surface area contributed by atoms with Gasteiger partial charge in [-0.3, -0.25) is 0 Å². The molecule has 102 valence electrons. The Bertz CT molecular complexity index is 455. The van der Waals surface area contributed by atoms with Gasteiger partial charge in [-0.15, -0.1) is 0 Å². The van der Waals surface area contributed by atoms with Gasteiger partial charge in [-0.1, -0.05) is 6.07 Å². The lowest BCUT2D eigenvalue weighted by Gasteiger charge is -2.31. The Morgan fingerprint density at radius 1 is 1.32 bits per heavy atom. The molecule has 3 heteroatoms. The molecule has 1 saturated heterocycles. The molecule has 1 N–H and O–H groups in total. The summed E-state index contributed by atoms with van der Waals surface area (Å²) in [5.41, 5.74) is 3.83. The van der Waals surface area contributed by atoms with Crippen molar-refractivity contribution >= 4 is 5.69 Å². The second-order valence-electron chi connectivity index (χ2n) is 5.65. The Morgan fingerprint density at radius 3 is 2.63 bits per heavy atom. The summed E-state index contributed by atoms with van der Waals surface area (Å²) in [4.78, 5) is 2.40. The maximum Gasteiger partial charge on any atom is 0.0643 e. The second kappa shape index (κ2) is 6.08. The molecular weight excluding hydrogens is 234 g/mol. The molecule has 1 aromatic rings. The van der Waals surface area contributed by atoms with Crippen LogP contribution in [0.2, 0.25) is 0 Å². The Kier molecular flexibility index (Phi) is 4.44. The van der Waals surface area contributed by atoms with E-state index in [1.165, 1.54) is 16.8 Å². The van der Waals surface area contributed by atoms with Crippen LogP contribution in [0, 0.1) is 25.2 Å². The quantitative estimate of drug-likeness (QED) is 0.885. The first-order valence-electron chi connectivity index (χ1n) is 7.05. The highest BCUT2D eigenvalue weighted by Crippen LogP contribution is 2.24. The smallest absolute Gasteiger partial charge is 0.0643 e. The topological polar surface area (TPSA) is 39.1 Å². The summed E-state index contributed by atoms with van der Waals surface area (Å²) in [6.45, 7) is 8.39. The fraction of sp³-hybridized carbons (Fsp3) is 0.562. The molecule has 1 fully saturated rings. The van der Waals surface area contributed by atoms with Gasteiger partial charge in [0.2, 0.25) is 0 Å². The summed E-state index contributed by atoms with van der Waals surface area (Å²) < 4.78 is 0. The predicted molar refractivity (Wildman–Crippen MR) is 79.4 cm³/mol. The largest absolute Gasteiger partial charge is 0.366 e. The molecule has 1 heterocycles. The monoisotopic (exact) mass is 257 g/mol. The molecule has 0 bridgehead atoms. The highest BCUT2D eigenvalue weighted by atomic mass is 15.2. The molecule has 0 amide bonds. The van der Waals surface area contributed by atoms with Crippen LogP contribution in [-0.2, 0) is 0 Å². The number of aryl methyl sites for hydroxylation is 2. The van der Waals surface area contributed by atoms with E-state index < -0.39 is 0 Å². The summed E-state index contributed by atoms with van der Waals surface area (Å²) >= 11 is 0. The van der Waals surface area contributed by atoms with E-state index in [2.05, 4.69) is 55.3 Å². The number of hydrogen-bond acceptors (Lipinski definition) is 3. The number of nitrogens with zero attached hydrogens (tertiary/aromatic N) is 2. The third-order valence-electron chi connectivity index (χ3n) is 3.81. The Hall–Kier alpha value is -1.53. The van der Waals surface area contributed by atoms with Gasteiger partial charge in [0.15, 0.2) is 0 Å². The Morgan fingerprint density at radius 2 is 2.00 bits per heavy atom. The van der Waals surface area contributed by atoms with Crippen LogP contribution in [0.15, 0.2) is 18.2 Å². The number of nitrogens with one attached hydrogen (secondary N) is 1. The zero-order valence-electron chi connectivity index (χ0n) is 12.1. The van der Waals surface area contributed by atoms with Gasteiger partial charge in [-0.05, 0) is 50.5 Å². The number of nitriles is 1. The van der Waals surface area contributed by atoms with Crippen molar-refractivity contribution in [1.82, 2.24) is 5.32 Å². The first-order chi connectivity index (χ1) is 9.10. The predicted octanol–water partition coefficient (Wildman–Crippen LogP) is 2.77.